The molecular formula is C16H20N6S. The van der Waals surface area contributed by atoms with Gasteiger partial charge < -0.3 is 15.5 Å². The molecule has 1 fully saturated rings. The molecule has 120 valence electrons. The van der Waals surface area contributed by atoms with Crippen LogP contribution >= 0.6 is 10.5 Å². The monoisotopic (exact) mass is 328 g/mol. The van der Waals surface area contributed by atoms with E-state index in [1.165, 1.54) is 4.91 Å². The number of allylic oxidation sites excluding steroid dienone is 2. The molecule has 7 heteroatoms. The SMILES string of the molecule is C=S1C=CC=C1c1cnc(N2CCN(C)CC2)c2nc(N)cn12. The molecule has 2 aromatic heterocycles. The van der Waals surface area contributed by atoms with E-state index in [1.54, 1.807) is 0 Å². The van der Waals surface area contributed by atoms with Crippen molar-refractivity contribution in [2.45, 2.75) is 0 Å². The first kappa shape index (κ1) is 14.5. The minimum Gasteiger partial charge on any atom is -0.382 e. The van der Waals surface area contributed by atoms with Crippen molar-refractivity contribution in [1.29, 1.82) is 0 Å². The normalized spacial score (nSPS) is 22.0. The molecule has 4 rings (SSSR count). The van der Waals surface area contributed by atoms with Gasteiger partial charge in [0.05, 0.1) is 18.1 Å². The van der Waals surface area contributed by atoms with E-state index in [4.69, 9.17) is 10.7 Å². The maximum absolute atomic E-state index is 5.98. The van der Waals surface area contributed by atoms with E-state index in [9.17, 15) is 0 Å². The highest BCUT2D eigenvalue weighted by atomic mass is 32.2. The number of anilines is 2. The first-order valence-corrected chi connectivity index (χ1v) is 9.08. The van der Waals surface area contributed by atoms with Crippen molar-refractivity contribution in [1.82, 2.24) is 19.3 Å². The lowest BCUT2D eigenvalue weighted by atomic mass is 10.3. The van der Waals surface area contributed by atoms with Crippen LogP contribution in [0.1, 0.15) is 5.69 Å². The second-order valence-corrected chi connectivity index (χ2v) is 7.47. The molecule has 6 nitrogen and oxygen atoms in total. The number of piperazine rings is 1. The van der Waals surface area contributed by atoms with Crippen LogP contribution in [0.2, 0.25) is 0 Å². The molecule has 0 aromatic carbocycles. The Labute approximate surface area is 137 Å². The standard InChI is InChI=1S/C16H20N6S/c1-20-5-7-21(8-6-20)15-16-19-14(17)11-22(16)12(10-18-15)13-4-3-9-23(13)2/h3-4,9-11H,2,5-8,17H2,1H3. The zero-order valence-electron chi connectivity index (χ0n) is 13.1. The number of hydrogen-bond donors (Lipinski definition) is 1. The fourth-order valence-corrected chi connectivity index (χ4v) is 4.10. The maximum atomic E-state index is 5.98. The van der Waals surface area contributed by atoms with E-state index in [1.807, 2.05) is 18.5 Å². The van der Waals surface area contributed by atoms with Crippen LogP contribution in [0.4, 0.5) is 11.6 Å². The number of aromatic nitrogens is 3. The van der Waals surface area contributed by atoms with Gasteiger partial charge in [-0.05, 0) is 18.5 Å². The van der Waals surface area contributed by atoms with E-state index in [2.05, 4.69) is 43.6 Å². The van der Waals surface area contributed by atoms with Crippen molar-refractivity contribution in [3.05, 3.63) is 35.6 Å². The summed E-state index contributed by atoms with van der Waals surface area (Å²) in [6.07, 6.45) is 7.94. The molecule has 0 saturated carbocycles. The van der Waals surface area contributed by atoms with Gasteiger partial charge in [-0.15, -0.1) is 10.5 Å². The molecule has 2 N–H and O–H groups in total. The number of nitrogens with two attached hydrogens (primary N) is 1. The van der Waals surface area contributed by atoms with Crippen LogP contribution in [0.25, 0.3) is 10.6 Å². The topological polar surface area (TPSA) is 62.7 Å². The molecule has 1 unspecified atom stereocenters. The molecule has 23 heavy (non-hydrogen) atoms. The van der Waals surface area contributed by atoms with E-state index in [0.717, 1.165) is 43.3 Å². The van der Waals surface area contributed by atoms with E-state index >= 15 is 0 Å². The second-order valence-electron chi connectivity index (χ2n) is 5.91. The van der Waals surface area contributed by atoms with Crippen LogP contribution in [0.15, 0.2) is 30.0 Å². The summed E-state index contributed by atoms with van der Waals surface area (Å²) in [7, 11) is 2.00. The average molecular weight is 328 g/mol. The minimum atomic E-state index is -0.144. The lowest BCUT2D eigenvalue weighted by molar-refractivity contribution is 0.312. The number of nitrogen functional groups attached to an aromatic ring is 1. The first-order valence-electron chi connectivity index (χ1n) is 7.62. The summed E-state index contributed by atoms with van der Waals surface area (Å²) in [5, 5.41) is 2.11. The Morgan fingerprint density at radius 3 is 2.74 bits per heavy atom. The van der Waals surface area contributed by atoms with Crippen LogP contribution in [0.5, 0.6) is 0 Å². The van der Waals surface area contributed by atoms with Gasteiger partial charge in [0.2, 0.25) is 0 Å². The summed E-state index contributed by atoms with van der Waals surface area (Å²) in [5.41, 5.74) is 7.83. The largest absolute Gasteiger partial charge is 0.382 e. The van der Waals surface area contributed by atoms with Gasteiger partial charge in [0, 0.05) is 31.1 Å². The Balaban J connectivity index is 1.81. The zero-order valence-corrected chi connectivity index (χ0v) is 14.0. The zero-order chi connectivity index (χ0) is 16.0. The molecule has 0 amide bonds. The Hall–Kier alpha value is -2.12. The third-order valence-electron chi connectivity index (χ3n) is 4.32. The quantitative estimate of drug-likeness (QED) is 0.849. The molecule has 0 spiro atoms. The van der Waals surface area contributed by atoms with Gasteiger partial charge in [-0.2, -0.15) is 0 Å². The maximum Gasteiger partial charge on any atom is 0.182 e. The molecule has 2 aliphatic heterocycles. The van der Waals surface area contributed by atoms with Crippen molar-refractivity contribution >= 4 is 38.5 Å². The van der Waals surface area contributed by atoms with E-state index < -0.39 is 0 Å². The second kappa shape index (κ2) is 5.50. The van der Waals surface area contributed by atoms with Gasteiger partial charge in [0.1, 0.15) is 5.82 Å². The summed E-state index contributed by atoms with van der Waals surface area (Å²) in [6, 6.07) is 0. The predicted molar refractivity (Wildman–Crippen MR) is 98.9 cm³/mol. The highest BCUT2D eigenvalue weighted by Crippen LogP contribution is 2.38. The molecule has 1 atom stereocenters. The molecule has 0 bridgehead atoms. The molecule has 0 aliphatic carbocycles. The molecule has 2 aliphatic rings. The van der Waals surface area contributed by atoms with Crippen LogP contribution in [-0.4, -0.2) is 58.4 Å². The van der Waals surface area contributed by atoms with Gasteiger partial charge in [0.15, 0.2) is 11.5 Å². The third-order valence-corrected chi connectivity index (χ3v) is 5.72. The lowest BCUT2D eigenvalue weighted by Gasteiger charge is -2.33. The van der Waals surface area contributed by atoms with Crippen molar-refractivity contribution in [3.63, 3.8) is 0 Å². The highest BCUT2D eigenvalue weighted by molar-refractivity contribution is 8.24. The predicted octanol–water partition coefficient (Wildman–Crippen LogP) is 1.63. The summed E-state index contributed by atoms with van der Waals surface area (Å²) < 4.78 is 2.06. The Morgan fingerprint density at radius 1 is 1.26 bits per heavy atom. The number of rotatable bonds is 2. The van der Waals surface area contributed by atoms with Gasteiger partial charge in [-0.25, -0.2) is 9.97 Å². The first-order chi connectivity index (χ1) is 11.1. The van der Waals surface area contributed by atoms with Crippen LogP contribution in [-0.2, 0) is 0 Å². The van der Waals surface area contributed by atoms with Gasteiger partial charge >= 0.3 is 0 Å². The van der Waals surface area contributed by atoms with E-state index in [-0.39, 0.29) is 10.5 Å². The summed E-state index contributed by atoms with van der Waals surface area (Å²) in [6.45, 7) is 3.97. The number of imidazole rings is 1. The summed E-state index contributed by atoms with van der Waals surface area (Å²) in [5.74, 6) is 5.62. The number of hydrogen-bond acceptors (Lipinski definition) is 5. The molecule has 0 radical (unpaired) electrons. The summed E-state index contributed by atoms with van der Waals surface area (Å²) >= 11 is 0. The minimum absolute atomic E-state index is 0.144. The fraction of sp³-hybridized carbons (Fsp3) is 0.312. The number of likely N-dealkylation sites (N-methyl/N-ethyl adjacent to an activating group) is 1. The molecular weight excluding hydrogens is 308 g/mol. The van der Waals surface area contributed by atoms with Crippen molar-refractivity contribution in [2.24, 2.45) is 0 Å². The Kier molecular flexibility index (Phi) is 3.46. The third kappa shape index (κ3) is 2.46. The van der Waals surface area contributed by atoms with Crippen LogP contribution in [0.3, 0.4) is 0 Å². The lowest BCUT2D eigenvalue weighted by Crippen LogP contribution is -2.45. The molecule has 2 aromatic rings. The Bertz CT molecular complexity index is 842. The fourth-order valence-electron chi connectivity index (χ4n) is 3.01. The van der Waals surface area contributed by atoms with Gasteiger partial charge in [-0.3, -0.25) is 4.40 Å². The molecule has 4 heterocycles. The average Bonchev–Trinajstić information content (AvgIpc) is 3.12. The Morgan fingerprint density at radius 2 is 2.04 bits per heavy atom. The van der Waals surface area contributed by atoms with Gasteiger partial charge in [-0.1, -0.05) is 11.9 Å². The van der Waals surface area contributed by atoms with Gasteiger partial charge in [0.25, 0.3) is 0 Å². The van der Waals surface area contributed by atoms with Crippen molar-refractivity contribution in [3.8, 4) is 0 Å². The van der Waals surface area contributed by atoms with Crippen molar-refractivity contribution in [2.75, 3.05) is 43.9 Å². The highest BCUT2D eigenvalue weighted by Gasteiger charge is 2.21. The van der Waals surface area contributed by atoms with Crippen molar-refractivity contribution < 1.29 is 0 Å². The number of nitrogens with zero attached hydrogens (tertiary/aromatic N) is 5. The van der Waals surface area contributed by atoms with Crippen LogP contribution < -0.4 is 10.6 Å². The smallest absolute Gasteiger partial charge is 0.182 e. The van der Waals surface area contributed by atoms with E-state index in [0.29, 0.717) is 5.82 Å². The summed E-state index contributed by atoms with van der Waals surface area (Å²) in [4.78, 5) is 15.0. The molecule has 1 saturated heterocycles. The number of fused-ring (bicyclic) bond motifs is 1. The van der Waals surface area contributed by atoms with Crippen LogP contribution in [0, 0.1) is 0 Å².